The quantitative estimate of drug-likeness (QED) is 0.491. The Kier molecular flexibility index (Phi) is 6.59. The Hall–Kier alpha value is -2.39. The molecule has 6 nitrogen and oxygen atoms in total. The molecule has 0 fully saturated rings. The second-order valence-corrected chi connectivity index (χ2v) is 9.25. The zero-order valence-electron chi connectivity index (χ0n) is 14.9. The van der Waals surface area contributed by atoms with Gasteiger partial charge in [-0.2, -0.15) is 0 Å². The van der Waals surface area contributed by atoms with Crippen molar-refractivity contribution in [3.05, 3.63) is 82.3 Å². The van der Waals surface area contributed by atoms with Crippen LogP contribution in [0.4, 0.5) is 10.8 Å². The van der Waals surface area contributed by atoms with Gasteiger partial charge in [-0.3, -0.25) is 14.4 Å². The van der Waals surface area contributed by atoms with E-state index in [1.54, 1.807) is 35.8 Å². The zero-order valence-corrected chi connectivity index (χ0v) is 18.0. The molecular formula is C19H15Cl2N3O3S2. The number of anilines is 2. The fourth-order valence-corrected chi connectivity index (χ4v) is 5.28. The Morgan fingerprint density at radius 3 is 2.62 bits per heavy atom. The third kappa shape index (κ3) is 4.62. The van der Waals surface area contributed by atoms with Gasteiger partial charge < -0.3 is 0 Å². The molecule has 3 rings (SSSR count). The lowest BCUT2D eigenvalue weighted by atomic mass is 10.2. The summed E-state index contributed by atoms with van der Waals surface area (Å²) in [6, 6.07) is 10.6. The molecule has 0 spiro atoms. The number of hydrogen-bond donors (Lipinski definition) is 1. The molecule has 0 bridgehead atoms. The highest BCUT2D eigenvalue weighted by Crippen LogP contribution is 2.33. The van der Waals surface area contributed by atoms with Gasteiger partial charge >= 0.3 is 0 Å². The van der Waals surface area contributed by atoms with Crippen molar-refractivity contribution in [2.75, 3.05) is 16.2 Å². The van der Waals surface area contributed by atoms with Crippen molar-refractivity contribution in [2.24, 2.45) is 0 Å². The van der Waals surface area contributed by atoms with Crippen molar-refractivity contribution in [3.8, 4) is 0 Å². The molecule has 1 amide bonds. The van der Waals surface area contributed by atoms with Crippen LogP contribution >= 0.6 is 34.5 Å². The van der Waals surface area contributed by atoms with E-state index in [0.717, 1.165) is 4.31 Å². The van der Waals surface area contributed by atoms with Crippen LogP contribution in [0.5, 0.6) is 0 Å². The summed E-state index contributed by atoms with van der Waals surface area (Å²) in [5, 5.41) is 4.96. The van der Waals surface area contributed by atoms with Gasteiger partial charge in [0.15, 0.2) is 5.13 Å². The van der Waals surface area contributed by atoms with Gasteiger partial charge in [-0.1, -0.05) is 41.4 Å². The van der Waals surface area contributed by atoms with E-state index in [1.807, 2.05) is 0 Å². The lowest BCUT2D eigenvalue weighted by Gasteiger charge is -2.24. The van der Waals surface area contributed by atoms with E-state index >= 15 is 0 Å². The average Bonchev–Trinajstić information content (AvgIpc) is 3.20. The second kappa shape index (κ2) is 8.96. The molecule has 150 valence electrons. The van der Waals surface area contributed by atoms with Gasteiger partial charge in [0.05, 0.1) is 22.3 Å². The number of carbonyl (C=O) groups is 1. The summed E-state index contributed by atoms with van der Waals surface area (Å²) in [5.74, 6) is -0.499. The highest BCUT2D eigenvalue weighted by atomic mass is 35.5. The predicted molar refractivity (Wildman–Crippen MR) is 118 cm³/mol. The molecule has 0 radical (unpaired) electrons. The first kappa shape index (κ1) is 21.3. The summed E-state index contributed by atoms with van der Waals surface area (Å²) in [5.41, 5.74) is 0.406. The van der Waals surface area contributed by atoms with Gasteiger partial charge in [-0.15, -0.1) is 17.9 Å². The van der Waals surface area contributed by atoms with Crippen molar-refractivity contribution in [1.29, 1.82) is 0 Å². The molecule has 1 aromatic heterocycles. The summed E-state index contributed by atoms with van der Waals surface area (Å²) in [4.78, 5) is 16.3. The van der Waals surface area contributed by atoms with E-state index in [2.05, 4.69) is 16.9 Å². The van der Waals surface area contributed by atoms with E-state index < -0.39 is 15.9 Å². The average molecular weight is 468 g/mol. The zero-order chi connectivity index (χ0) is 21.0. The highest BCUT2D eigenvalue weighted by Gasteiger charge is 2.28. The van der Waals surface area contributed by atoms with Gasteiger partial charge in [0.25, 0.3) is 15.9 Å². The number of aromatic nitrogens is 1. The minimum absolute atomic E-state index is 0.0167. The topological polar surface area (TPSA) is 79.4 Å². The fourth-order valence-electron chi connectivity index (χ4n) is 2.51. The number of nitrogens with zero attached hydrogens (tertiary/aromatic N) is 2. The van der Waals surface area contributed by atoms with Crippen molar-refractivity contribution in [2.45, 2.75) is 4.90 Å². The maximum Gasteiger partial charge on any atom is 0.266 e. The predicted octanol–water partition coefficient (Wildman–Crippen LogP) is 5.08. The van der Waals surface area contributed by atoms with Gasteiger partial charge in [0.1, 0.15) is 4.90 Å². The molecule has 0 aliphatic heterocycles. The maximum absolute atomic E-state index is 13.4. The van der Waals surface area contributed by atoms with Crippen LogP contribution in [-0.2, 0) is 10.0 Å². The number of thiazole rings is 1. The Balaban J connectivity index is 2.04. The van der Waals surface area contributed by atoms with Crippen LogP contribution in [0.1, 0.15) is 10.4 Å². The van der Waals surface area contributed by atoms with Crippen LogP contribution in [0, 0.1) is 0 Å². The number of nitrogens with one attached hydrogen (secondary N) is 1. The number of amides is 1. The molecule has 0 saturated heterocycles. The third-order valence-corrected chi connectivity index (χ3v) is 7.10. The Morgan fingerprint density at radius 1 is 1.21 bits per heavy atom. The first-order valence-corrected chi connectivity index (χ1v) is 11.3. The Bertz CT molecular complexity index is 1150. The van der Waals surface area contributed by atoms with Gasteiger partial charge in [-0.25, -0.2) is 13.4 Å². The molecule has 3 aromatic rings. The molecule has 0 aliphatic carbocycles. The number of hydrogen-bond acceptors (Lipinski definition) is 5. The minimum Gasteiger partial charge on any atom is -0.298 e. The number of para-hydroxylation sites is 1. The van der Waals surface area contributed by atoms with Crippen LogP contribution in [-0.4, -0.2) is 25.9 Å². The van der Waals surface area contributed by atoms with Crippen molar-refractivity contribution in [1.82, 2.24) is 4.98 Å². The lowest BCUT2D eigenvalue weighted by molar-refractivity contribution is 0.102. The van der Waals surface area contributed by atoms with Crippen molar-refractivity contribution < 1.29 is 13.2 Å². The molecular weight excluding hydrogens is 453 g/mol. The molecule has 10 heteroatoms. The van der Waals surface area contributed by atoms with Crippen LogP contribution in [0.3, 0.4) is 0 Å². The molecule has 1 N–H and O–H groups in total. The standard InChI is InChI=1S/C19H15Cl2N3O3S2/c1-2-10-24(16-6-4-3-5-14(16)20)29(26,27)17-12-13(7-8-15(17)21)18(25)23-19-22-9-11-28-19/h2-9,11-12H,1,10H2,(H,22,23,25). The number of sulfonamides is 1. The van der Waals surface area contributed by atoms with Gasteiger partial charge in [0, 0.05) is 17.1 Å². The van der Waals surface area contributed by atoms with Crippen LogP contribution in [0.25, 0.3) is 0 Å². The van der Waals surface area contributed by atoms with Crippen LogP contribution in [0.15, 0.2) is 71.6 Å². The molecule has 29 heavy (non-hydrogen) atoms. The van der Waals surface area contributed by atoms with E-state index in [9.17, 15) is 13.2 Å². The molecule has 0 aliphatic rings. The van der Waals surface area contributed by atoms with Crippen LogP contribution in [0.2, 0.25) is 10.0 Å². The van der Waals surface area contributed by atoms with E-state index in [-0.39, 0.29) is 32.7 Å². The van der Waals surface area contributed by atoms with Crippen molar-refractivity contribution in [3.63, 3.8) is 0 Å². The molecule has 0 atom stereocenters. The number of carbonyl (C=O) groups excluding carboxylic acids is 1. The third-order valence-electron chi connectivity index (χ3n) is 3.83. The smallest absolute Gasteiger partial charge is 0.266 e. The minimum atomic E-state index is -4.13. The van der Waals surface area contributed by atoms with E-state index in [4.69, 9.17) is 23.2 Å². The first-order valence-electron chi connectivity index (χ1n) is 8.23. The van der Waals surface area contributed by atoms with Crippen LogP contribution < -0.4 is 9.62 Å². The largest absolute Gasteiger partial charge is 0.298 e. The normalized spacial score (nSPS) is 11.1. The summed E-state index contributed by atoms with van der Waals surface area (Å²) < 4.78 is 27.9. The SMILES string of the molecule is C=CCN(c1ccccc1Cl)S(=O)(=O)c1cc(C(=O)Nc2nccs2)ccc1Cl. The monoisotopic (exact) mass is 467 g/mol. The number of rotatable bonds is 7. The Labute approximate surface area is 182 Å². The van der Waals surface area contributed by atoms with Gasteiger partial charge in [0.2, 0.25) is 0 Å². The number of halogens is 2. The van der Waals surface area contributed by atoms with Crippen molar-refractivity contribution >= 4 is 61.3 Å². The highest BCUT2D eigenvalue weighted by molar-refractivity contribution is 7.93. The van der Waals surface area contributed by atoms with E-state index in [1.165, 1.54) is 35.6 Å². The second-order valence-electron chi connectivity index (χ2n) is 5.71. The Morgan fingerprint density at radius 2 is 1.97 bits per heavy atom. The first-order chi connectivity index (χ1) is 13.8. The molecule has 2 aromatic carbocycles. The van der Waals surface area contributed by atoms with E-state index in [0.29, 0.717) is 5.13 Å². The number of benzene rings is 2. The lowest BCUT2D eigenvalue weighted by Crippen LogP contribution is -2.32. The summed E-state index contributed by atoms with van der Waals surface area (Å²) in [7, 11) is -4.13. The summed E-state index contributed by atoms with van der Waals surface area (Å²) in [6.45, 7) is 3.59. The fraction of sp³-hybridized carbons (Fsp3) is 0.0526. The molecule has 0 saturated carbocycles. The summed E-state index contributed by atoms with van der Waals surface area (Å²) >= 11 is 13.6. The van der Waals surface area contributed by atoms with Gasteiger partial charge in [-0.05, 0) is 30.3 Å². The maximum atomic E-state index is 13.4. The molecule has 0 unspecified atom stereocenters. The molecule has 1 heterocycles. The summed E-state index contributed by atoms with van der Waals surface area (Å²) in [6.07, 6.45) is 2.99.